The van der Waals surface area contributed by atoms with Gasteiger partial charge in [0.1, 0.15) is 6.26 Å². The molecule has 2 aromatic carbocycles. The molecule has 156 valence electrons. The second-order valence-corrected chi connectivity index (χ2v) is 6.73. The molecule has 29 heavy (non-hydrogen) atoms. The highest BCUT2D eigenvalue weighted by molar-refractivity contribution is 7.98. The molecule has 0 atom stereocenters. The molecule has 2 rings (SSSR count). The van der Waals surface area contributed by atoms with Crippen LogP contribution in [0.5, 0.6) is 11.5 Å². The van der Waals surface area contributed by atoms with Crippen molar-refractivity contribution < 1.29 is 27.8 Å². The molecular formula is C21H23F2NO4S. The van der Waals surface area contributed by atoms with Crippen LogP contribution in [-0.4, -0.2) is 39.5 Å². The van der Waals surface area contributed by atoms with E-state index in [1.54, 1.807) is 44.2 Å². The summed E-state index contributed by atoms with van der Waals surface area (Å²) in [6.45, 7) is -2.70. The number of alkyl halides is 2. The predicted molar refractivity (Wildman–Crippen MR) is 110 cm³/mol. The van der Waals surface area contributed by atoms with E-state index in [1.165, 1.54) is 0 Å². The SMILES string of the molecule is COc1ccc(CCNC(=O)C(=COC(F)F)c2ccc(SC)cc2)cc1OC. The zero-order chi connectivity index (χ0) is 21.2. The van der Waals surface area contributed by atoms with Crippen molar-refractivity contribution >= 4 is 23.2 Å². The van der Waals surface area contributed by atoms with E-state index >= 15 is 0 Å². The highest BCUT2D eigenvalue weighted by Crippen LogP contribution is 2.27. The van der Waals surface area contributed by atoms with Crippen LogP contribution in [0, 0.1) is 0 Å². The first kappa shape index (κ1) is 22.5. The summed E-state index contributed by atoms with van der Waals surface area (Å²) >= 11 is 1.54. The molecule has 0 aromatic heterocycles. The Hall–Kier alpha value is -2.74. The summed E-state index contributed by atoms with van der Waals surface area (Å²) in [7, 11) is 3.10. The Morgan fingerprint density at radius 1 is 1.10 bits per heavy atom. The first-order valence-corrected chi connectivity index (χ1v) is 9.98. The molecule has 1 N–H and O–H groups in total. The lowest BCUT2D eigenvalue weighted by molar-refractivity contribution is -0.116. The highest BCUT2D eigenvalue weighted by atomic mass is 32.2. The second kappa shape index (κ2) is 11.3. The average molecular weight is 423 g/mol. The number of hydrogen-bond donors (Lipinski definition) is 1. The van der Waals surface area contributed by atoms with Gasteiger partial charge in [-0.1, -0.05) is 18.2 Å². The van der Waals surface area contributed by atoms with Crippen molar-refractivity contribution in [1.29, 1.82) is 0 Å². The Balaban J connectivity index is 2.06. The number of ether oxygens (including phenoxy) is 3. The van der Waals surface area contributed by atoms with Crippen LogP contribution >= 0.6 is 11.8 Å². The van der Waals surface area contributed by atoms with Gasteiger partial charge in [-0.2, -0.15) is 8.78 Å². The minimum absolute atomic E-state index is 0.0327. The van der Waals surface area contributed by atoms with Gasteiger partial charge in [0.2, 0.25) is 0 Å². The number of carbonyl (C=O) groups is 1. The monoisotopic (exact) mass is 423 g/mol. The van der Waals surface area contributed by atoms with E-state index < -0.39 is 12.5 Å². The number of amides is 1. The summed E-state index contributed by atoms with van der Waals surface area (Å²) < 4.78 is 39.7. The third-order valence-corrected chi connectivity index (χ3v) is 4.83. The summed E-state index contributed by atoms with van der Waals surface area (Å²) in [5.41, 5.74) is 1.46. The molecule has 0 heterocycles. The van der Waals surface area contributed by atoms with Gasteiger partial charge in [-0.15, -0.1) is 11.8 Å². The lowest BCUT2D eigenvalue weighted by atomic mass is 10.1. The number of carbonyl (C=O) groups excluding carboxylic acids is 1. The summed E-state index contributed by atoms with van der Waals surface area (Å²) in [6.07, 6.45) is 3.25. The van der Waals surface area contributed by atoms with Crippen LogP contribution in [0.1, 0.15) is 11.1 Å². The maximum Gasteiger partial charge on any atom is 0.386 e. The lowest BCUT2D eigenvalue weighted by Gasteiger charge is -2.12. The molecule has 0 radical (unpaired) electrons. The quantitative estimate of drug-likeness (QED) is 0.350. The fraction of sp³-hybridized carbons (Fsp3) is 0.286. The van der Waals surface area contributed by atoms with Crippen LogP contribution in [0.25, 0.3) is 5.57 Å². The fourth-order valence-electron chi connectivity index (χ4n) is 2.59. The number of nitrogens with one attached hydrogen (secondary N) is 1. The lowest BCUT2D eigenvalue weighted by Crippen LogP contribution is -2.26. The molecule has 2 aromatic rings. The van der Waals surface area contributed by atoms with E-state index in [4.69, 9.17) is 9.47 Å². The number of hydrogen-bond acceptors (Lipinski definition) is 5. The molecule has 0 bridgehead atoms. The number of rotatable bonds is 10. The summed E-state index contributed by atoms with van der Waals surface area (Å²) in [4.78, 5) is 13.6. The van der Waals surface area contributed by atoms with Crippen molar-refractivity contribution in [3.05, 3.63) is 59.9 Å². The predicted octanol–water partition coefficient (Wildman–Crippen LogP) is 4.36. The third-order valence-electron chi connectivity index (χ3n) is 4.08. The summed E-state index contributed by atoms with van der Waals surface area (Å²) in [5, 5.41) is 2.74. The van der Waals surface area contributed by atoms with Crippen molar-refractivity contribution in [2.24, 2.45) is 0 Å². The first-order chi connectivity index (χ1) is 14.0. The van der Waals surface area contributed by atoms with E-state index in [0.29, 0.717) is 30.0 Å². The van der Waals surface area contributed by atoms with Crippen molar-refractivity contribution in [3.63, 3.8) is 0 Å². The van der Waals surface area contributed by atoms with Crippen molar-refractivity contribution in [3.8, 4) is 11.5 Å². The molecule has 0 saturated heterocycles. The Kier molecular flexibility index (Phi) is 8.79. The van der Waals surface area contributed by atoms with Crippen LogP contribution in [0.2, 0.25) is 0 Å². The van der Waals surface area contributed by atoms with Gasteiger partial charge >= 0.3 is 6.61 Å². The Labute approximate surface area is 173 Å². The third kappa shape index (κ3) is 6.67. The van der Waals surface area contributed by atoms with Gasteiger partial charge in [0, 0.05) is 11.4 Å². The van der Waals surface area contributed by atoms with Gasteiger partial charge in [-0.3, -0.25) is 4.79 Å². The number of methoxy groups -OCH3 is 2. The summed E-state index contributed by atoms with van der Waals surface area (Å²) in [6, 6.07) is 12.5. The van der Waals surface area contributed by atoms with E-state index in [0.717, 1.165) is 16.7 Å². The van der Waals surface area contributed by atoms with Crippen LogP contribution in [0.4, 0.5) is 8.78 Å². The molecule has 0 aliphatic rings. The minimum Gasteiger partial charge on any atom is -0.493 e. The molecule has 0 aliphatic carbocycles. The molecule has 0 spiro atoms. The molecule has 0 aliphatic heterocycles. The Bertz CT molecular complexity index is 841. The molecule has 0 saturated carbocycles. The fourth-order valence-corrected chi connectivity index (χ4v) is 3.00. The number of benzene rings is 2. The zero-order valence-electron chi connectivity index (χ0n) is 16.4. The van der Waals surface area contributed by atoms with Crippen LogP contribution in [-0.2, 0) is 16.0 Å². The van der Waals surface area contributed by atoms with Gasteiger partial charge in [-0.05, 0) is 48.1 Å². The van der Waals surface area contributed by atoms with Crippen molar-refractivity contribution in [1.82, 2.24) is 5.32 Å². The molecule has 0 fully saturated rings. The van der Waals surface area contributed by atoms with E-state index in [1.807, 2.05) is 30.5 Å². The van der Waals surface area contributed by atoms with Crippen molar-refractivity contribution in [2.75, 3.05) is 27.0 Å². The first-order valence-electron chi connectivity index (χ1n) is 8.75. The topological polar surface area (TPSA) is 56.8 Å². The zero-order valence-corrected chi connectivity index (χ0v) is 17.2. The molecular weight excluding hydrogens is 400 g/mol. The molecule has 8 heteroatoms. The van der Waals surface area contributed by atoms with E-state index in [2.05, 4.69) is 10.1 Å². The largest absolute Gasteiger partial charge is 0.493 e. The van der Waals surface area contributed by atoms with Gasteiger partial charge in [0.25, 0.3) is 5.91 Å². The standard InChI is InChI=1S/C21H23F2NO4S/c1-26-18-9-4-14(12-19(18)27-2)10-11-24-20(25)17(13-28-21(22)23)15-5-7-16(29-3)8-6-15/h4-9,12-13,21H,10-11H2,1-3H3,(H,24,25). The molecule has 5 nitrogen and oxygen atoms in total. The maximum absolute atomic E-state index is 12.6. The molecule has 0 unspecified atom stereocenters. The number of thioether (sulfide) groups is 1. The van der Waals surface area contributed by atoms with Crippen molar-refractivity contribution in [2.45, 2.75) is 17.9 Å². The van der Waals surface area contributed by atoms with E-state index in [9.17, 15) is 13.6 Å². The highest BCUT2D eigenvalue weighted by Gasteiger charge is 2.14. The smallest absolute Gasteiger partial charge is 0.386 e. The van der Waals surface area contributed by atoms with Gasteiger partial charge in [-0.25, -0.2) is 0 Å². The minimum atomic E-state index is -3.00. The maximum atomic E-state index is 12.6. The normalized spacial score (nSPS) is 11.3. The Morgan fingerprint density at radius 2 is 1.79 bits per heavy atom. The van der Waals surface area contributed by atoms with Gasteiger partial charge < -0.3 is 19.5 Å². The van der Waals surface area contributed by atoms with Crippen LogP contribution in [0.15, 0.2) is 53.6 Å². The van der Waals surface area contributed by atoms with Gasteiger partial charge in [0.15, 0.2) is 11.5 Å². The summed E-state index contributed by atoms with van der Waals surface area (Å²) in [5.74, 6) is 0.711. The molecule has 1 amide bonds. The Morgan fingerprint density at radius 3 is 2.38 bits per heavy atom. The van der Waals surface area contributed by atoms with Crippen LogP contribution < -0.4 is 14.8 Å². The van der Waals surface area contributed by atoms with Gasteiger partial charge in [0.05, 0.1) is 19.8 Å². The van der Waals surface area contributed by atoms with E-state index in [-0.39, 0.29) is 5.57 Å². The van der Waals surface area contributed by atoms with Crippen LogP contribution in [0.3, 0.4) is 0 Å². The second-order valence-electron chi connectivity index (χ2n) is 5.85. The number of halogens is 2. The average Bonchev–Trinajstić information content (AvgIpc) is 2.74.